The van der Waals surface area contributed by atoms with Gasteiger partial charge < -0.3 is 73.5 Å². The smallest absolute Gasteiger partial charge is 0.341 e. The number of aliphatic hydroxyl groups is 3. The molecule has 4 aliphatic rings. The van der Waals surface area contributed by atoms with Gasteiger partial charge in [-0.25, -0.2) is 14.5 Å². The Morgan fingerprint density at radius 2 is 1.62 bits per heavy atom. The highest BCUT2D eigenvalue weighted by atomic mass is 16.7. The molecular weight excluding hydrogens is 967 g/mol. The molecule has 0 spiro atoms. The minimum atomic E-state index is -2.01. The molecule has 1 aliphatic carbocycles. The summed E-state index contributed by atoms with van der Waals surface area (Å²) in [5, 5.41) is 49.4. The second-order valence-corrected chi connectivity index (χ2v) is 21.8. The Hall–Kier alpha value is -4.20. The highest BCUT2D eigenvalue weighted by Gasteiger charge is 2.59. The van der Waals surface area contributed by atoms with Crippen molar-refractivity contribution in [2.24, 2.45) is 17.8 Å². The van der Waals surface area contributed by atoms with Gasteiger partial charge in [-0.05, 0) is 105 Å². The summed E-state index contributed by atoms with van der Waals surface area (Å²) in [4.78, 5) is 72.8. The van der Waals surface area contributed by atoms with Crippen molar-refractivity contribution in [3.8, 4) is 0 Å². The Morgan fingerprint density at radius 3 is 2.23 bits per heavy atom. The average Bonchev–Trinajstić information content (AvgIpc) is 3.35. The summed E-state index contributed by atoms with van der Waals surface area (Å²) < 4.78 is 52.3. The lowest BCUT2D eigenvalue weighted by atomic mass is 9.69. The lowest BCUT2D eigenvalue weighted by Crippen LogP contribution is -2.64. The Labute approximate surface area is 433 Å². The zero-order valence-corrected chi connectivity index (χ0v) is 45.3. The third-order valence-electron chi connectivity index (χ3n) is 15.9. The largest absolute Gasteiger partial charge is 0.477 e. The molecule has 3 saturated heterocycles. The van der Waals surface area contributed by atoms with Gasteiger partial charge in [0.25, 0.3) is 0 Å². The van der Waals surface area contributed by atoms with Gasteiger partial charge in [0, 0.05) is 71.6 Å². The van der Waals surface area contributed by atoms with E-state index in [4.69, 9.17) is 37.9 Å². The topological polar surface area (TPSA) is 276 Å². The lowest BCUT2D eigenvalue weighted by Gasteiger charge is -2.49. The van der Waals surface area contributed by atoms with Crippen molar-refractivity contribution >= 4 is 34.7 Å². The highest BCUT2D eigenvalue weighted by Crippen LogP contribution is 2.44. The summed E-state index contributed by atoms with van der Waals surface area (Å²) in [7, 11) is 10.1. The molecule has 6 rings (SSSR count). The minimum Gasteiger partial charge on any atom is -0.477 e. The summed E-state index contributed by atoms with van der Waals surface area (Å²) in [5.74, 6) is -6.00. The van der Waals surface area contributed by atoms with Crippen LogP contribution >= 0.6 is 0 Å². The number of carbonyl (C=O) groups excluding carboxylic acids is 3. The van der Waals surface area contributed by atoms with Crippen LogP contribution in [0.15, 0.2) is 23.3 Å². The SMILES string of the molecule is CO[C@]1(C)C[C@@H](C)C(=O)[C@@H](O)[C@@]2(O)CC[C@H]2OC(=O)[C@H](C)[C@@H](O[C@H]2C[C@@](C)(OC)[C@@H](OC(=O)CCNCCCc3cnc4c(c3)c(=O)c(C(=O)O)cn4N(C)C)[C@H](C)O2)[C@H](C)[C@H]1O[C@@H]1O[C@H](C)C[C@H](N(C)C)[C@H]1O. The molecule has 0 radical (unpaired) electrons. The normalized spacial score (nSPS) is 37.2. The first-order valence-corrected chi connectivity index (χ1v) is 25.8. The molecular formula is C52H81N5O17. The monoisotopic (exact) mass is 1050 g/mol. The number of ether oxygens (including phenoxy) is 8. The molecule has 17 atom stereocenters. The maximum atomic E-state index is 14.3. The summed E-state index contributed by atoms with van der Waals surface area (Å²) in [5.41, 5.74) is -4.39. The Bertz CT molecular complexity index is 2370. The van der Waals surface area contributed by atoms with Gasteiger partial charge in [-0.3, -0.25) is 19.2 Å². The van der Waals surface area contributed by atoms with Gasteiger partial charge in [0.1, 0.15) is 35.1 Å². The second kappa shape index (κ2) is 24.0. The number of methoxy groups -OCH3 is 2. The van der Waals surface area contributed by atoms with E-state index in [2.05, 4.69) is 10.3 Å². The number of nitrogens with zero attached hydrogens (tertiary/aromatic N) is 4. The van der Waals surface area contributed by atoms with Crippen LogP contribution in [0.2, 0.25) is 0 Å². The predicted octanol–water partition coefficient (Wildman–Crippen LogP) is 1.94. The van der Waals surface area contributed by atoms with E-state index in [1.807, 2.05) is 32.8 Å². The molecule has 2 aromatic rings. The number of carboxylic acid groups (broad SMARTS) is 1. The van der Waals surface area contributed by atoms with E-state index in [0.29, 0.717) is 38.0 Å². The number of aliphatic hydroxyl groups excluding tert-OH is 2. The first-order valence-electron chi connectivity index (χ1n) is 25.8. The summed E-state index contributed by atoms with van der Waals surface area (Å²) in [6.07, 6.45) is -5.58. The number of carboxylic acids is 1. The van der Waals surface area contributed by atoms with Gasteiger partial charge in [0.15, 0.2) is 30.1 Å². The number of ketones is 1. The van der Waals surface area contributed by atoms with Crippen LogP contribution in [0.3, 0.4) is 0 Å². The number of fused-ring (bicyclic) bond motifs is 2. The standard InChI is InChI=1S/C52H81N5O17/c1-27-23-50(6,67-12)44(74-49-41(61)35(55(8)9)21-28(2)69-49)29(3)42(30(4)48(65)71-36-16-18-52(36,66)43(62)39(27)59)73-38-24-51(7,68-13)45(31(5)70-38)72-37(58)17-20-53-19-14-15-32-22-33-40(60)34(47(63)64)26-57(56(10)11)46(33)54-25-32/h22,25-31,35-36,38,41-45,49,53,61-62,66H,14-21,23-24H2,1-13H3,(H,63,64)/t27-,28-,29+,30-,31+,35+,36-,38+,41-,42+,43-,44-,45+,49+,50-,51-,52-/m1/s1. The maximum Gasteiger partial charge on any atom is 0.341 e. The molecule has 0 bridgehead atoms. The van der Waals surface area contributed by atoms with Crippen LogP contribution < -0.4 is 15.8 Å². The number of rotatable bonds is 17. The number of aromatic carboxylic acids is 1. The van der Waals surface area contributed by atoms with E-state index in [1.54, 1.807) is 66.0 Å². The quantitative estimate of drug-likeness (QED) is 0.112. The first-order chi connectivity index (χ1) is 34.7. The van der Waals surface area contributed by atoms with Crippen LogP contribution in [0.25, 0.3) is 11.0 Å². The van der Waals surface area contributed by atoms with E-state index in [1.165, 1.54) is 25.1 Å². The van der Waals surface area contributed by atoms with E-state index in [0.717, 1.165) is 5.56 Å². The number of esters is 2. The predicted molar refractivity (Wildman–Crippen MR) is 268 cm³/mol. The summed E-state index contributed by atoms with van der Waals surface area (Å²) in [6.45, 7) is 13.0. The van der Waals surface area contributed by atoms with Crippen molar-refractivity contribution in [2.75, 3.05) is 60.5 Å². The highest BCUT2D eigenvalue weighted by molar-refractivity contribution is 5.92. The molecule has 416 valence electrons. The van der Waals surface area contributed by atoms with Gasteiger partial charge in [-0.1, -0.05) is 13.8 Å². The summed E-state index contributed by atoms with van der Waals surface area (Å²) in [6, 6.07) is 1.33. The molecule has 22 heteroatoms. The van der Waals surface area contributed by atoms with Crippen LogP contribution in [-0.2, 0) is 58.7 Å². The Balaban J connectivity index is 1.16. The third kappa shape index (κ3) is 12.5. The van der Waals surface area contributed by atoms with E-state index in [9.17, 15) is 44.4 Å². The van der Waals surface area contributed by atoms with Crippen LogP contribution in [0.4, 0.5) is 0 Å². The molecule has 0 unspecified atom stereocenters. The van der Waals surface area contributed by atoms with Crippen molar-refractivity contribution < 1.29 is 77.5 Å². The number of nitrogens with one attached hydrogen (secondary N) is 1. The Kier molecular flexibility index (Phi) is 19.1. The number of likely N-dealkylation sites (N-methyl/N-ethyl adjacent to an activating group) is 1. The van der Waals surface area contributed by atoms with E-state index in [-0.39, 0.29) is 55.2 Å². The van der Waals surface area contributed by atoms with Gasteiger partial charge in [0.05, 0.1) is 47.7 Å². The lowest BCUT2D eigenvalue weighted by molar-refractivity contribution is -0.320. The van der Waals surface area contributed by atoms with Gasteiger partial charge in [-0.15, -0.1) is 0 Å². The fourth-order valence-electron chi connectivity index (χ4n) is 11.2. The number of hydrogen-bond acceptors (Lipinski definition) is 20. The molecule has 5 heterocycles. The molecule has 0 aromatic carbocycles. The zero-order chi connectivity index (χ0) is 54.8. The van der Waals surface area contributed by atoms with Crippen molar-refractivity contribution in [2.45, 2.75) is 184 Å². The number of hydrogen-bond donors (Lipinski definition) is 5. The zero-order valence-electron chi connectivity index (χ0n) is 45.3. The molecule has 22 nitrogen and oxygen atoms in total. The van der Waals surface area contributed by atoms with Crippen molar-refractivity contribution in [1.29, 1.82) is 0 Å². The fraction of sp³-hybridized carbons (Fsp3) is 0.769. The molecule has 3 aliphatic heterocycles. The first kappa shape index (κ1) is 59.1. The maximum absolute atomic E-state index is 14.3. The molecule has 74 heavy (non-hydrogen) atoms. The number of aryl methyl sites for hydroxylation is 1. The van der Waals surface area contributed by atoms with E-state index >= 15 is 0 Å². The van der Waals surface area contributed by atoms with Crippen LogP contribution in [0.5, 0.6) is 0 Å². The van der Waals surface area contributed by atoms with Crippen molar-refractivity contribution in [1.82, 2.24) is 19.9 Å². The second-order valence-electron chi connectivity index (χ2n) is 21.8. The third-order valence-corrected chi connectivity index (χ3v) is 15.9. The molecule has 0 amide bonds. The molecule has 4 fully saturated rings. The van der Waals surface area contributed by atoms with Crippen LogP contribution in [-0.4, -0.2) is 198 Å². The fourth-order valence-corrected chi connectivity index (χ4v) is 11.2. The number of carbonyl (C=O) groups is 4. The van der Waals surface area contributed by atoms with Gasteiger partial charge >= 0.3 is 17.9 Å². The average molecular weight is 1050 g/mol. The van der Waals surface area contributed by atoms with E-state index < -0.39 is 119 Å². The summed E-state index contributed by atoms with van der Waals surface area (Å²) >= 11 is 0. The molecule has 2 aromatic heterocycles. The van der Waals surface area contributed by atoms with Gasteiger partial charge in [0.2, 0.25) is 5.43 Å². The van der Waals surface area contributed by atoms with Crippen LogP contribution in [0, 0.1) is 17.8 Å². The van der Waals surface area contributed by atoms with Crippen molar-refractivity contribution in [3.63, 3.8) is 0 Å². The van der Waals surface area contributed by atoms with Crippen LogP contribution in [0.1, 0.15) is 109 Å². The molecule has 1 saturated carbocycles. The van der Waals surface area contributed by atoms with Gasteiger partial charge in [-0.2, -0.15) is 0 Å². The van der Waals surface area contributed by atoms with Crippen molar-refractivity contribution in [3.05, 3.63) is 39.8 Å². The number of aromatic nitrogens is 2. The Morgan fingerprint density at radius 1 is 0.946 bits per heavy atom. The number of Topliss-reactive ketones (excluding diaryl/α,β-unsaturated/α-hetero) is 1. The number of pyridine rings is 2. The molecule has 5 N–H and O–H groups in total. The minimum absolute atomic E-state index is 0.00914.